The number of fused-ring (bicyclic) bond motifs is 1. The molecule has 2 aliphatic rings. The molecule has 4 heteroatoms. The average molecular weight is 272 g/mol. The normalized spacial score (nSPS) is 19.6. The lowest BCUT2D eigenvalue weighted by Gasteiger charge is -2.25. The van der Waals surface area contributed by atoms with Crippen LogP contribution < -0.4 is 4.90 Å². The molecule has 20 heavy (non-hydrogen) atoms. The molecule has 1 saturated heterocycles. The van der Waals surface area contributed by atoms with Gasteiger partial charge in [-0.1, -0.05) is 12.1 Å². The molecule has 0 saturated carbocycles. The van der Waals surface area contributed by atoms with E-state index in [2.05, 4.69) is 23.1 Å². The Morgan fingerprint density at radius 1 is 1.15 bits per heavy atom. The molecule has 4 nitrogen and oxygen atoms in total. The number of likely N-dealkylation sites (N-methyl/N-ethyl adjacent to an activating group) is 1. The van der Waals surface area contributed by atoms with Crippen LogP contribution in [-0.2, 0) is 22.4 Å². The lowest BCUT2D eigenvalue weighted by Crippen LogP contribution is -2.35. The van der Waals surface area contributed by atoms with Gasteiger partial charge in [0.1, 0.15) is 5.78 Å². The minimum Gasteiger partial charge on any atom is -0.315 e. The number of likely N-dealkylation sites (tertiary alicyclic amines) is 1. The Hall–Kier alpha value is -1.68. The van der Waals surface area contributed by atoms with Crippen molar-refractivity contribution < 1.29 is 9.59 Å². The third-order valence-corrected chi connectivity index (χ3v) is 4.35. The van der Waals surface area contributed by atoms with Crippen molar-refractivity contribution in [3.8, 4) is 0 Å². The van der Waals surface area contributed by atoms with Crippen LogP contribution >= 0.6 is 0 Å². The van der Waals surface area contributed by atoms with Crippen molar-refractivity contribution in [2.45, 2.75) is 25.7 Å². The minimum absolute atomic E-state index is 0.173. The first kappa shape index (κ1) is 13.3. The van der Waals surface area contributed by atoms with Crippen LogP contribution in [0.2, 0.25) is 0 Å². The molecule has 1 aromatic rings. The second-order valence-corrected chi connectivity index (χ2v) is 5.72. The highest BCUT2D eigenvalue weighted by molar-refractivity contribution is 6.00. The summed E-state index contributed by atoms with van der Waals surface area (Å²) in [7, 11) is 1.83. The molecule has 1 fully saturated rings. The Bertz CT molecular complexity index is 543. The van der Waals surface area contributed by atoms with Gasteiger partial charge in [-0.3, -0.25) is 9.59 Å². The van der Waals surface area contributed by atoms with Gasteiger partial charge in [0, 0.05) is 45.2 Å². The van der Waals surface area contributed by atoms with E-state index in [0.717, 1.165) is 37.3 Å². The van der Waals surface area contributed by atoms with E-state index < -0.39 is 0 Å². The molecule has 0 aliphatic carbocycles. The van der Waals surface area contributed by atoms with Gasteiger partial charge in [0.25, 0.3) is 0 Å². The van der Waals surface area contributed by atoms with Gasteiger partial charge in [-0.2, -0.15) is 0 Å². The summed E-state index contributed by atoms with van der Waals surface area (Å²) in [5.41, 5.74) is 3.47. The first-order chi connectivity index (χ1) is 9.63. The Kier molecular flexibility index (Phi) is 3.57. The summed E-state index contributed by atoms with van der Waals surface area (Å²) >= 11 is 0. The topological polar surface area (TPSA) is 40.6 Å². The molecule has 106 valence electrons. The summed E-state index contributed by atoms with van der Waals surface area (Å²) in [5, 5.41) is 0. The van der Waals surface area contributed by atoms with Gasteiger partial charge in [-0.05, 0) is 23.6 Å². The number of anilines is 1. The van der Waals surface area contributed by atoms with E-state index in [1.165, 1.54) is 5.56 Å². The lowest BCUT2D eigenvalue weighted by molar-refractivity contribution is -0.121. The van der Waals surface area contributed by atoms with E-state index in [9.17, 15) is 9.59 Å². The molecule has 0 spiro atoms. The van der Waals surface area contributed by atoms with E-state index in [0.29, 0.717) is 25.0 Å². The van der Waals surface area contributed by atoms with Crippen molar-refractivity contribution in [2.24, 2.45) is 0 Å². The number of hydrogen-bond acceptors (Lipinski definition) is 3. The first-order valence-electron chi connectivity index (χ1n) is 7.26. The molecule has 0 atom stereocenters. The zero-order valence-corrected chi connectivity index (χ0v) is 11.9. The van der Waals surface area contributed by atoms with Gasteiger partial charge >= 0.3 is 0 Å². The third kappa shape index (κ3) is 2.61. The van der Waals surface area contributed by atoms with Gasteiger partial charge in [0.15, 0.2) is 0 Å². The molecule has 0 bridgehead atoms. The molecule has 1 amide bonds. The monoisotopic (exact) mass is 272 g/mol. The highest BCUT2D eigenvalue weighted by Gasteiger charge is 2.24. The maximum Gasteiger partial charge on any atom is 0.231 e. The number of Topliss-reactive ketones (excluding diaryl/α,β-unsaturated/α-hetero) is 1. The molecule has 0 aromatic heterocycles. The summed E-state index contributed by atoms with van der Waals surface area (Å²) in [5.74, 6) is 0.562. The highest BCUT2D eigenvalue weighted by Crippen LogP contribution is 2.28. The maximum atomic E-state index is 11.7. The first-order valence-corrected chi connectivity index (χ1v) is 7.26. The predicted molar refractivity (Wildman–Crippen MR) is 77.9 cm³/mol. The number of piperidine rings is 1. The zero-order chi connectivity index (χ0) is 14.1. The molecular formula is C16H20N2O2. The van der Waals surface area contributed by atoms with Crippen LogP contribution in [0.25, 0.3) is 0 Å². The smallest absolute Gasteiger partial charge is 0.231 e. The Labute approximate surface area is 119 Å². The van der Waals surface area contributed by atoms with E-state index in [-0.39, 0.29) is 5.91 Å². The molecule has 0 unspecified atom stereocenters. The fourth-order valence-corrected chi connectivity index (χ4v) is 2.99. The van der Waals surface area contributed by atoms with Gasteiger partial charge in [-0.25, -0.2) is 0 Å². The second kappa shape index (κ2) is 5.37. The number of amides is 1. The van der Waals surface area contributed by atoms with Crippen molar-refractivity contribution >= 4 is 17.4 Å². The summed E-state index contributed by atoms with van der Waals surface area (Å²) in [6.45, 7) is 2.78. The van der Waals surface area contributed by atoms with Gasteiger partial charge < -0.3 is 9.80 Å². The van der Waals surface area contributed by atoms with Crippen molar-refractivity contribution in [1.82, 2.24) is 4.90 Å². The fourth-order valence-electron chi connectivity index (χ4n) is 2.99. The molecule has 0 radical (unpaired) electrons. The number of rotatable bonds is 3. The Morgan fingerprint density at radius 3 is 2.65 bits per heavy atom. The van der Waals surface area contributed by atoms with Gasteiger partial charge in [0.05, 0.1) is 6.42 Å². The molecule has 2 heterocycles. The Balaban J connectivity index is 1.61. The van der Waals surface area contributed by atoms with Crippen LogP contribution in [0.5, 0.6) is 0 Å². The van der Waals surface area contributed by atoms with Crippen molar-refractivity contribution in [3.05, 3.63) is 29.3 Å². The standard InChI is InChI=1S/C16H20N2O2/c1-17-15-3-2-12(10-13(15)11-16(17)20)4-7-18-8-5-14(19)6-9-18/h2-3,10H,4-9,11H2,1H3. The predicted octanol–water partition coefficient (Wildman–Crippen LogP) is 1.41. The largest absolute Gasteiger partial charge is 0.315 e. The number of hydrogen-bond donors (Lipinski definition) is 0. The number of carbonyl (C=O) groups is 2. The number of ketones is 1. The third-order valence-electron chi connectivity index (χ3n) is 4.35. The van der Waals surface area contributed by atoms with Crippen molar-refractivity contribution in [3.63, 3.8) is 0 Å². The van der Waals surface area contributed by atoms with Crippen LogP contribution in [-0.4, -0.2) is 43.3 Å². The van der Waals surface area contributed by atoms with Crippen molar-refractivity contribution in [2.75, 3.05) is 31.6 Å². The van der Waals surface area contributed by atoms with Crippen LogP contribution in [0.4, 0.5) is 5.69 Å². The SMILES string of the molecule is CN1C(=O)Cc2cc(CCN3CCC(=O)CC3)ccc21. The van der Waals surface area contributed by atoms with Gasteiger partial charge in [-0.15, -0.1) is 0 Å². The Morgan fingerprint density at radius 2 is 1.90 bits per heavy atom. The van der Waals surface area contributed by atoms with E-state index in [1.807, 2.05) is 7.05 Å². The van der Waals surface area contributed by atoms with E-state index >= 15 is 0 Å². The number of benzene rings is 1. The van der Waals surface area contributed by atoms with E-state index in [1.54, 1.807) is 4.90 Å². The van der Waals surface area contributed by atoms with E-state index in [4.69, 9.17) is 0 Å². The maximum absolute atomic E-state index is 11.7. The molecular weight excluding hydrogens is 252 g/mol. The van der Waals surface area contributed by atoms with Crippen LogP contribution in [0.3, 0.4) is 0 Å². The molecule has 2 aliphatic heterocycles. The summed E-state index contributed by atoms with van der Waals surface area (Å²) in [4.78, 5) is 27.0. The molecule has 0 N–H and O–H groups in total. The summed E-state index contributed by atoms with van der Waals surface area (Å²) < 4.78 is 0. The molecule has 1 aromatic carbocycles. The lowest BCUT2D eigenvalue weighted by atomic mass is 10.0. The number of carbonyl (C=O) groups excluding carboxylic acids is 2. The fraction of sp³-hybridized carbons (Fsp3) is 0.500. The van der Waals surface area contributed by atoms with Gasteiger partial charge in [0.2, 0.25) is 5.91 Å². The zero-order valence-electron chi connectivity index (χ0n) is 11.9. The van der Waals surface area contributed by atoms with Crippen molar-refractivity contribution in [1.29, 1.82) is 0 Å². The molecule has 3 rings (SSSR count). The second-order valence-electron chi connectivity index (χ2n) is 5.72. The average Bonchev–Trinajstić information content (AvgIpc) is 2.73. The summed E-state index contributed by atoms with van der Waals surface area (Å²) in [6, 6.07) is 6.32. The minimum atomic E-state index is 0.173. The van der Waals surface area contributed by atoms with Crippen LogP contribution in [0.15, 0.2) is 18.2 Å². The number of nitrogens with zero attached hydrogens (tertiary/aromatic N) is 2. The summed E-state index contributed by atoms with van der Waals surface area (Å²) in [6.07, 6.45) is 2.91. The van der Waals surface area contributed by atoms with Crippen LogP contribution in [0, 0.1) is 0 Å². The van der Waals surface area contributed by atoms with Crippen LogP contribution in [0.1, 0.15) is 24.0 Å². The highest BCUT2D eigenvalue weighted by atomic mass is 16.2. The quantitative estimate of drug-likeness (QED) is 0.835.